The maximum absolute atomic E-state index is 10.6. The minimum atomic E-state index is 0.198. The average molecular weight is 316 g/mol. The van der Waals surface area contributed by atoms with Crippen molar-refractivity contribution >= 4 is 11.8 Å². The van der Waals surface area contributed by atoms with Gasteiger partial charge in [0.05, 0.1) is 6.61 Å². The number of aromatic hydroxyl groups is 1. The molecule has 2 rings (SSSR count). The summed E-state index contributed by atoms with van der Waals surface area (Å²) in [6, 6.07) is 15.9. The van der Waals surface area contributed by atoms with Crippen LogP contribution in [-0.2, 0) is 6.42 Å². The van der Waals surface area contributed by atoms with Crippen molar-refractivity contribution in [1.29, 1.82) is 0 Å². The van der Waals surface area contributed by atoms with E-state index in [-0.39, 0.29) is 6.61 Å². The molecular formula is C19H24O2S. The number of para-hydroxylation sites is 1. The molecule has 0 aliphatic heterocycles. The van der Waals surface area contributed by atoms with Crippen LogP contribution >= 0.6 is 11.8 Å². The molecule has 0 saturated carbocycles. The summed E-state index contributed by atoms with van der Waals surface area (Å²) in [4.78, 5) is 0. The van der Waals surface area contributed by atoms with Crippen LogP contribution in [0, 0.1) is 5.92 Å². The maximum atomic E-state index is 10.6. The van der Waals surface area contributed by atoms with E-state index in [9.17, 15) is 5.11 Å². The third-order valence-corrected chi connectivity index (χ3v) is 5.35. The van der Waals surface area contributed by atoms with Crippen LogP contribution in [0.3, 0.4) is 0 Å². The molecule has 0 amide bonds. The van der Waals surface area contributed by atoms with Gasteiger partial charge in [-0.1, -0.05) is 62.4 Å². The van der Waals surface area contributed by atoms with E-state index in [0.717, 1.165) is 28.9 Å². The molecule has 1 unspecified atom stereocenters. The lowest BCUT2D eigenvalue weighted by atomic mass is 9.96. The van der Waals surface area contributed by atoms with Gasteiger partial charge in [-0.25, -0.2) is 0 Å². The Morgan fingerprint density at radius 3 is 2.36 bits per heavy atom. The predicted octanol–water partition coefficient (Wildman–Crippen LogP) is 4.35. The third-order valence-electron chi connectivity index (χ3n) is 3.79. The van der Waals surface area contributed by atoms with Crippen LogP contribution in [0.2, 0.25) is 0 Å². The van der Waals surface area contributed by atoms with E-state index in [4.69, 9.17) is 5.11 Å². The Bertz CT molecular complexity index is 581. The molecule has 22 heavy (non-hydrogen) atoms. The second kappa shape index (κ2) is 8.25. The summed E-state index contributed by atoms with van der Waals surface area (Å²) >= 11 is 1.77. The summed E-state index contributed by atoms with van der Waals surface area (Å²) in [6.45, 7) is 4.57. The number of hydrogen-bond acceptors (Lipinski definition) is 3. The first-order valence-electron chi connectivity index (χ1n) is 7.72. The van der Waals surface area contributed by atoms with Gasteiger partial charge < -0.3 is 10.2 Å². The van der Waals surface area contributed by atoms with E-state index in [2.05, 4.69) is 13.8 Å². The molecule has 0 saturated heterocycles. The van der Waals surface area contributed by atoms with Crippen molar-refractivity contribution in [2.24, 2.45) is 5.92 Å². The lowest BCUT2D eigenvalue weighted by Gasteiger charge is -2.21. The Hall–Kier alpha value is -1.45. The lowest BCUT2D eigenvalue weighted by molar-refractivity contribution is 0.322. The zero-order chi connectivity index (χ0) is 15.9. The molecule has 0 spiro atoms. The lowest BCUT2D eigenvalue weighted by Crippen LogP contribution is -2.16. The molecule has 0 aliphatic rings. The summed E-state index contributed by atoms with van der Waals surface area (Å²) < 4.78 is 0. The highest BCUT2D eigenvalue weighted by molar-refractivity contribution is 7.99. The number of benzene rings is 2. The van der Waals surface area contributed by atoms with Gasteiger partial charge in [-0.2, -0.15) is 11.8 Å². The van der Waals surface area contributed by atoms with Gasteiger partial charge in [0.15, 0.2) is 0 Å². The van der Waals surface area contributed by atoms with E-state index >= 15 is 0 Å². The number of rotatable bonds is 7. The van der Waals surface area contributed by atoms with E-state index in [1.54, 1.807) is 11.8 Å². The second-order valence-electron chi connectivity index (χ2n) is 5.76. The van der Waals surface area contributed by atoms with Crippen LogP contribution < -0.4 is 0 Å². The molecule has 2 aromatic carbocycles. The van der Waals surface area contributed by atoms with Gasteiger partial charge in [0.25, 0.3) is 0 Å². The fourth-order valence-corrected chi connectivity index (χ4v) is 3.61. The van der Waals surface area contributed by atoms with Gasteiger partial charge in [-0.05, 0) is 23.5 Å². The van der Waals surface area contributed by atoms with Crippen molar-refractivity contribution < 1.29 is 10.2 Å². The number of aliphatic hydroxyl groups is 1. The Balaban J connectivity index is 2.25. The van der Waals surface area contributed by atoms with E-state index in [1.807, 2.05) is 48.5 Å². The summed E-state index contributed by atoms with van der Waals surface area (Å²) in [5.41, 5.74) is 2.89. The number of phenolic OH excluding ortho intramolecular Hbond substituents is 1. The van der Waals surface area contributed by atoms with Crippen molar-refractivity contribution in [3.05, 3.63) is 54.1 Å². The summed E-state index contributed by atoms with van der Waals surface area (Å²) in [6.07, 6.45) is 0.814. The second-order valence-corrected chi connectivity index (χ2v) is 7.11. The molecular weight excluding hydrogens is 292 g/mol. The number of thioether (sulfide) groups is 1. The van der Waals surface area contributed by atoms with Gasteiger partial charge in [0.1, 0.15) is 5.75 Å². The zero-order valence-electron chi connectivity index (χ0n) is 13.2. The Labute approximate surface area is 137 Å². The molecule has 0 radical (unpaired) electrons. The monoisotopic (exact) mass is 316 g/mol. The first-order chi connectivity index (χ1) is 10.6. The summed E-state index contributed by atoms with van der Waals surface area (Å²) in [5.74, 6) is 1.61. The first-order valence-corrected chi connectivity index (χ1v) is 8.77. The van der Waals surface area contributed by atoms with E-state index < -0.39 is 0 Å². The molecule has 118 valence electrons. The number of aliphatic hydroxyl groups excluding tert-OH is 1. The van der Waals surface area contributed by atoms with Crippen LogP contribution in [0.5, 0.6) is 5.75 Å². The van der Waals surface area contributed by atoms with E-state index in [1.165, 1.54) is 0 Å². The molecule has 0 bridgehead atoms. The van der Waals surface area contributed by atoms with Crippen molar-refractivity contribution in [2.45, 2.75) is 25.5 Å². The maximum Gasteiger partial charge on any atom is 0.126 e. The smallest absolute Gasteiger partial charge is 0.126 e. The van der Waals surface area contributed by atoms with Crippen LogP contribution in [-0.4, -0.2) is 27.8 Å². The van der Waals surface area contributed by atoms with Crippen LogP contribution in [0.25, 0.3) is 11.1 Å². The van der Waals surface area contributed by atoms with Crippen molar-refractivity contribution in [1.82, 2.24) is 0 Å². The topological polar surface area (TPSA) is 40.5 Å². The third kappa shape index (κ3) is 4.28. The molecule has 2 aromatic rings. The van der Waals surface area contributed by atoms with Gasteiger partial charge in [0, 0.05) is 16.6 Å². The number of hydrogen-bond donors (Lipinski definition) is 2. The van der Waals surface area contributed by atoms with Crippen molar-refractivity contribution in [3.8, 4) is 16.9 Å². The minimum Gasteiger partial charge on any atom is -0.507 e. The normalized spacial score (nSPS) is 12.5. The van der Waals surface area contributed by atoms with Crippen molar-refractivity contribution in [3.63, 3.8) is 0 Å². The standard InChI is InChI=1S/C19H24O2S/c1-14(2)18(22-12-11-20)13-16-9-6-10-17(19(16)21)15-7-4-3-5-8-15/h3-10,14,18,20-21H,11-13H2,1-2H3. The molecule has 0 fully saturated rings. The van der Waals surface area contributed by atoms with Gasteiger partial charge in [0.2, 0.25) is 0 Å². The Kier molecular flexibility index (Phi) is 6.34. The van der Waals surface area contributed by atoms with Crippen LogP contribution in [0.15, 0.2) is 48.5 Å². The predicted molar refractivity (Wildman–Crippen MR) is 95.4 cm³/mol. The molecule has 2 N–H and O–H groups in total. The fraction of sp³-hybridized carbons (Fsp3) is 0.368. The highest BCUT2D eigenvalue weighted by Crippen LogP contribution is 2.34. The molecule has 2 nitrogen and oxygen atoms in total. The van der Waals surface area contributed by atoms with Crippen LogP contribution in [0.1, 0.15) is 19.4 Å². The summed E-state index contributed by atoms with van der Waals surface area (Å²) in [7, 11) is 0. The highest BCUT2D eigenvalue weighted by Gasteiger charge is 2.17. The van der Waals surface area contributed by atoms with Crippen LogP contribution in [0.4, 0.5) is 0 Å². The van der Waals surface area contributed by atoms with Gasteiger partial charge in [-0.15, -0.1) is 0 Å². The first kappa shape index (κ1) is 16.9. The largest absolute Gasteiger partial charge is 0.507 e. The molecule has 0 heterocycles. The average Bonchev–Trinajstić information content (AvgIpc) is 2.53. The molecule has 3 heteroatoms. The summed E-state index contributed by atoms with van der Waals surface area (Å²) in [5, 5.41) is 20.1. The quantitative estimate of drug-likeness (QED) is 0.798. The zero-order valence-corrected chi connectivity index (χ0v) is 14.0. The molecule has 0 aliphatic carbocycles. The fourth-order valence-electron chi connectivity index (χ4n) is 2.51. The van der Waals surface area contributed by atoms with Gasteiger partial charge in [-0.3, -0.25) is 0 Å². The van der Waals surface area contributed by atoms with E-state index in [0.29, 0.717) is 16.9 Å². The molecule has 1 atom stereocenters. The SMILES string of the molecule is CC(C)C(Cc1cccc(-c2ccccc2)c1O)SCCO. The minimum absolute atomic E-state index is 0.198. The number of phenols is 1. The Morgan fingerprint density at radius 1 is 1.00 bits per heavy atom. The highest BCUT2D eigenvalue weighted by atomic mass is 32.2. The van der Waals surface area contributed by atoms with Gasteiger partial charge >= 0.3 is 0 Å². The Morgan fingerprint density at radius 2 is 1.73 bits per heavy atom. The molecule has 0 aromatic heterocycles. The van der Waals surface area contributed by atoms with Crippen molar-refractivity contribution in [2.75, 3.05) is 12.4 Å².